The fourth-order valence-electron chi connectivity index (χ4n) is 4.21. The number of fused-ring (bicyclic) bond motifs is 1. The molecule has 0 atom stereocenters. The number of rotatable bonds is 4. The Bertz CT molecular complexity index is 900. The molecule has 0 N–H and O–H groups in total. The Hall–Kier alpha value is -2.41. The molecule has 0 spiro atoms. The van der Waals surface area contributed by atoms with Gasteiger partial charge >= 0.3 is 5.69 Å². The second-order valence-corrected chi connectivity index (χ2v) is 7.83. The van der Waals surface area contributed by atoms with E-state index < -0.39 is 0 Å². The minimum absolute atomic E-state index is 0.0286. The van der Waals surface area contributed by atoms with Gasteiger partial charge in [-0.2, -0.15) is 5.10 Å². The summed E-state index contributed by atoms with van der Waals surface area (Å²) in [4.78, 5) is 29.6. The summed E-state index contributed by atoms with van der Waals surface area (Å²) in [6, 6.07) is 7.78. The first-order chi connectivity index (χ1) is 13.6. The Kier molecular flexibility index (Phi) is 5.62. The van der Waals surface area contributed by atoms with E-state index >= 15 is 0 Å². The molecular weight excluding hydrogens is 354 g/mol. The van der Waals surface area contributed by atoms with Crippen molar-refractivity contribution in [3.63, 3.8) is 0 Å². The number of carbonyl (C=O) groups excluding carboxylic acids is 1. The van der Waals surface area contributed by atoms with E-state index in [-0.39, 0.29) is 11.6 Å². The molecule has 150 valence electrons. The molecule has 0 radical (unpaired) electrons. The van der Waals surface area contributed by atoms with Crippen molar-refractivity contribution < 1.29 is 4.79 Å². The molecule has 0 saturated carbocycles. The molecule has 1 saturated heterocycles. The van der Waals surface area contributed by atoms with Gasteiger partial charge in [0.15, 0.2) is 0 Å². The van der Waals surface area contributed by atoms with Gasteiger partial charge in [0.25, 0.3) is 5.91 Å². The van der Waals surface area contributed by atoms with Gasteiger partial charge in [0.1, 0.15) is 5.82 Å². The van der Waals surface area contributed by atoms with E-state index in [4.69, 9.17) is 0 Å². The van der Waals surface area contributed by atoms with E-state index in [1.54, 1.807) is 4.68 Å². The molecule has 1 fully saturated rings. The SMILES string of the molecule is Cc1ccccc1C(=O)N1CCCN(CCn2nc3n(c2=O)CCCC3)CC1. The van der Waals surface area contributed by atoms with Crippen LogP contribution >= 0.6 is 0 Å². The second kappa shape index (κ2) is 8.31. The Morgan fingerprint density at radius 2 is 1.86 bits per heavy atom. The van der Waals surface area contributed by atoms with Crippen LogP contribution in [-0.4, -0.2) is 62.8 Å². The number of hydrogen-bond acceptors (Lipinski definition) is 4. The maximum atomic E-state index is 12.9. The average Bonchev–Trinajstić information content (AvgIpc) is 2.88. The molecule has 0 unspecified atom stereocenters. The van der Waals surface area contributed by atoms with Crippen LogP contribution in [0.1, 0.15) is 41.0 Å². The topological polar surface area (TPSA) is 63.4 Å². The van der Waals surface area contributed by atoms with Gasteiger partial charge in [-0.25, -0.2) is 9.48 Å². The van der Waals surface area contributed by atoms with Crippen molar-refractivity contribution in [3.8, 4) is 0 Å². The van der Waals surface area contributed by atoms with E-state index in [1.165, 1.54) is 0 Å². The van der Waals surface area contributed by atoms with E-state index in [1.807, 2.05) is 40.7 Å². The molecule has 2 aliphatic rings. The average molecular weight is 383 g/mol. The van der Waals surface area contributed by atoms with Crippen LogP contribution in [0.25, 0.3) is 0 Å². The molecule has 0 aliphatic carbocycles. The van der Waals surface area contributed by atoms with E-state index in [0.717, 1.165) is 81.9 Å². The van der Waals surface area contributed by atoms with Crippen LogP contribution in [0.4, 0.5) is 0 Å². The van der Waals surface area contributed by atoms with Gasteiger partial charge in [0, 0.05) is 44.7 Å². The molecule has 1 aromatic heterocycles. The lowest BCUT2D eigenvalue weighted by Gasteiger charge is -2.22. The van der Waals surface area contributed by atoms with Crippen LogP contribution in [-0.2, 0) is 19.5 Å². The Balaban J connectivity index is 1.35. The fourth-order valence-corrected chi connectivity index (χ4v) is 4.21. The van der Waals surface area contributed by atoms with Gasteiger partial charge in [-0.1, -0.05) is 18.2 Å². The molecule has 2 aromatic rings. The second-order valence-electron chi connectivity index (χ2n) is 7.83. The lowest BCUT2D eigenvalue weighted by atomic mass is 10.1. The first-order valence-corrected chi connectivity index (χ1v) is 10.4. The maximum absolute atomic E-state index is 12.9. The van der Waals surface area contributed by atoms with E-state index in [2.05, 4.69) is 10.00 Å². The summed E-state index contributed by atoms with van der Waals surface area (Å²) in [7, 11) is 0. The molecule has 28 heavy (non-hydrogen) atoms. The van der Waals surface area contributed by atoms with E-state index in [0.29, 0.717) is 6.54 Å². The van der Waals surface area contributed by atoms with Crippen LogP contribution in [0.15, 0.2) is 29.1 Å². The Morgan fingerprint density at radius 1 is 1.00 bits per heavy atom. The summed E-state index contributed by atoms with van der Waals surface area (Å²) < 4.78 is 3.45. The van der Waals surface area contributed by atoms with E-state index in [9.17, 15) is 9.59 Å². The zero-order valence-corrected chi connectivity index (χ0v) is 16.6. The predicted octanol–water partition coefficient (Wildman–Crippen LogP) is 1.54. The Morgan fingerprint density at radius 3 is 2.68 bits per heavy atom. The van der Waals surface area contributed by atoms with Crippen molar-refractivity contribution in [1.29, 1.82) is 0 Å². The standard InChI is InChI=1S/C21H29N5O2/c1-17-7-2-3-8-18(17)20(27)24-11-6-10-23(13-15-24)14-16-26-21(28)25-12-5-4-9-19(25)22-26/h2-3,7-8H,4-6,9-16H2,1H3. The van der Waals surface area contributed by atoms with Crippen LogP contribution < -0.4 is 5.69 Å². The Labute approximate surface area is 165 Å². The summed E-state index contributed by atoms with van der Waals surface area (Å²) in [5.41, 5.74) is 1.85. The van der Waals surface area contributed by atoms with Crippen molar-refractivity contribution in [2.24, 2.45) is 0 Å². The van der Waals surface area contributed by atoms with Gasteiger partial charge < -0.3 is 4.90 Å². The molecular formula is C21H29N5O2. The number of amides is 1. The highest BCUT2D eigenvalue weighted by atomic mass is 16.2. The van der Waals surface area contributed by atoms with Crippen molar-refractivity contribution in [1.82, 2.24) is 24.1 Å². The lowest BCUT2D eigenvalue weighted by Crippen LogP contribution is -2.37. The summed E-state index contributed by atoms with van der Waals surface area (Å²) in [6.07, 6.45) is 4.04. The number of aryl methyl sites for hydroxylation is 2. The number of carbonyl (C=O) groups is 1. The van der Waals surface area contributed by atoms with Crippen LogP contribution in [0, 0.1) is 6.92 Å². The number of benzene rings is 1. The predicted molar refractivity (Wildman–Crippen MR) is 108 cm³/mol. The molecule has 1 amide bonds. The lowest BCUT2D eigenvalue weighted by molar-refractivity contribution is 0.0760. The molecule has 0 bridgehead atoms. The summed E-state index contributed by atoms with van der Waals surface area (Å²) in [5.74, 6) is 1.06. The van der Waals surface area contributed by atoms with Crippen molar-refractivity contribution in [2.45, 2.75) is 45.7 Å². The highest BCUT2D eigenvalue weighted by Gasteiger charge is 2.22. The molecule has 7 nitrogen and oxygen atoms in total. The molecule has 1 aromatic carbocycles. The van der Waals surface area contributed by atoms with Gasteiger partial charge in [0.2, 0.25) is 0 Å². The first kappa shape index (κ1) is 18.9. The zero-order valence-electron chi connectivity index (χ0n) is 16.6. The summed E-state index contributed by atoms with van der Waals surface area (Å²) in [5, 5.41) is 4.53. The molecule has 2 aliphatic heterocycles. The minimum Gasteiger partial charge on any atom is -0.337 e. The third kappa shape index (κ3) is 3.90. The van der Waals surface area contributed by atoms with Crippen molar-refractivity contribution in [3.05, 3.63) is 51.7 Å². The van der Waals surface area contributed by atoms with Crippen LogP contribution in [0.2, 0.25) is 0 Å². The normalized spacial score (nSPS) is 18.0. The van der Waals surface area contributed by atoms with Crippen LogP contribution in [0.5, 0.6) is 0 Å². The third-order valence-corrected chi connectivity index (χ3v) is 5.91. The number of nitrogens with zero attached hydrogens (tertiary/aromatic N) is 5. The number of hydrogen-bond donors (Lipinski definition) is 0. The van der Waals surface area contributed by atoms with Crippen molar-refractivity contribution >= 4 is 5.91 Å². The fraction of sp³-hybridized carbons (Fsp3) is 0.571. The van der Waals surface area contributed by atoms with Gasteiger partial charge in [-0.05, 0) is 44.4 Å². The molecule has 4 rings (SSSR count). The monoisotopic (exact) mass is 383 g/mol. The zero-order chi connectivity index (χ0) is 19.5. The molecule has 3 heterocycles. The van der Waals surface area contributed by atoms with Gasteiger partial charge in [-0.3, -0.25) is 14.3 Å². The summed E-state index contributed by atoms with van der Waals surface area (Å²) >= 11 is 0. The first-order valence-electron chi connectivity index (χ1n) is 10.4. The quantitative estimate of drug-likeness (QED) is 0.803. The third-order valence-electron chi connectivity index (χ3n) is 5.91. The van der Waals surface area contributed by atoms with Crippen molar-refractivity contribution in [2.75, 3.05) is 32.7 Å². The minimum atomic E-state index is 0.0286. The van der Waals surface area contributed by atoms with Crippen LogP contribution in [0.3, 0.4) is 0 Å². The number of aromatic nitrogens is 3. The highest BCUT2D eigenvalue weighted by molar-refractivity contribution is 5.95. The largest absolute Gasteiger partial charge is 0.345 e. The molecule has 7 heteroatoms. The maximum Gasteiger partial charge on any atom is 0.345 e. The summed E-state index contributed by atoms with van der Waals surface area (Å²) in [6.45, 7) is 7.48. The smallest absolute Gasteiger partial charge is 0.337 e. The highest BCUT2D eigenvalue weighted by Crippen LogP contribution is 2.13. The van der Waals surface area contributed by atoms with Gasteiger partial charge in [0.05, 0.1) is 6.54 Å². The van der Waals surface area contributed by atoms with Gasteiger partial charge in [-0.15, -0.1) is 0 Å².